The molecule has 0 radical (unpaired) electrons. The largest absolute Gasteiger partial charge is 0.335 e. The van der Waals surface area contributed by atoms with Crippen LogP contribution in [0.1, 0.15) is 24.0 Å². The Labute approximate surface area is 165 Å². The van der Waals surface area contributed by atoms with Crippen molar-refractivity contribution in [1.82, 2.24) is 9.80 Å². The number of hydrogen-bond donors (Lipinski definition) is 1. The molecule has 148 valence electrons. The van der Waals surface area contributed by atoms with E-state index in [4.69, 9.17) is 0 Å². The molecule has 1 fully saturated rings. The Morgan fingerprint density at radius 3 is 2.29 bits per heavy atom. The summed E-state index contributed by atoms with van der Waals surface area (Å²) < 4.78 is 13.1. The first kappa shape index (κ1) is 20.0. The van der Waals surface area contributed by atoms with E-state index >= 15 is 0 Å². The van der Waals surface area contributed by atoms with Gasteiger partial charge in [-0.2, -0.15) is 0 Å². The van der Waals surface area contributed by atoms with Crippen LogP contribution in [0.4, 0.5) is 10.1 Å². The van der Waals surface area contributed by atoms with E-state index in [0.29, 0.717) is 18.3 Å². The molecule has 0 heterocycles. The first-order valence-electron chi connectivity index (χ1n) is 9.49. The number of likely N-dealkylation sites (N-methyl/N-ethyl adjacent to an activating group) is 1. The molecule has 0 unspecified atom stereocenters. The number of aryl methyl sites for hydroxylation is 1. The summed E-state index contributed by atoms with van der Waals surface area (Å²) in [6.07, 6.45) is 2.12. The Morgan fingerprint density at radius 1 is 1.04 bits per heavy atom. The van der Waals surface area contributed by atoms with E-state index in [1.165, 1.54) is 17.0 Å². The molecule has 0 atom stereocenters. The van der Waals surface area contributed by atoms with Crippen LogP contribution in [0.15, 0.2) is 48.5 Å². The molecule has 2 aromatic rings. The molecule has 3 rings (SSSR count). The van der Waals surface area contributed by atoms with Crippen molar-refractivity contribution in [1.29, 1.82) is 0 Å². The molecule has 0 aliphatic heterocycles. The number of benzene rings is 2. The second-order valence-corrected chi connectivity index (χ2v) is 7.43. The number of amides is 2. The summed E-state index contributed by atoms with van der Waals surface area (Å²) in [6, 6.07) is 14.3. The number of rotatable bonds is 8. The third-order valence-electron chi connectivity index (χ3n) is 4.84. The second-order valence-electron chi connectivity index (χ2n) is 7.43. The number of hydrogen-bond acceptors (Lipinski definition) is 3. The van der Waals surface area contributed by atoms with Crippen LogP contribution >= 0.6 is 0 Å². The van der Waals surface area contributed by atoms with E-state index < -0.39 is 0 Å². The van der Waals surface area contributed by atoms with E-state index in [1.54, 1.807) is 19.2 Å². The molecular formula is C22H26FN3O2. The van der Waals surface area contributed by atoms with Crippen LogP contribution in [0, 0.1) is 12.7 Å². The Kier molecular flexibility index (Phi) is 6.41. The first-order chi connectivity index (χ1) is 13.4. The van der Waals surface area contributed by atoms with Gasteiger partial charge in [-0.3, -0.25) is 14.5 Å². The number of halogens is 1. The number of carbonyl (C=O) groups excluding carboxylic acids is 2. The second kappa shape index (κ2) is 8.97. The van der Waals surface area contributed by atoms with E-state index in [1.807, 2.05) is 31.2 Å². The van der Waals surface area contributed by atoms with Gasteiger partial charge in [-0.15, -0.1) is 0 Å². The van der Waals surface area contributed by atoms with Crippen molar-refractivity contribution in [3.63, 3.8) is 0 Å². The lowest BCUT2D eigenvalue weighted by Crippen LogP contribution is -2.42. The van der Waals surface area contributed by atoms with Crippen LogP contribution < -0.4 is 5.32 Å². The van der Waals surface area contributed by atoms with E-state index in [0.717, 1.165) is 24.0 Å². The fourth-order valence-corrected chi connectivity index (χ4v) is 3.01. The number of anilines is 1. The summed E-state index contributed by atoms with van der Waals surface area (Å²) in [4.78, 5) is 28.4. The smallest absolute Gasteiger partial charge is 0.243 e. The van der Waals surface area contributed by atoms with Crippen LogP contribution in [0.3, 0.4) is 0 Å². The number of nitrogens with one attached hydrogen (secondary N) is 1. The molecular weight excluding hydrogens is 357 g/mol. The maximum Gasteiger partial charge on any atom is 0.243 e. The first-order valence-corrected chi connectivity index (χ1v) is 9.49. The predicted molar refractivity (Wildman–Crippen MR) is 107 cm³/mol. The van der Waals surface area contributed by atoms with Crippen LogP contribution in [-0.4, -0.2) is 47.8 Å². The molecule has 28 heavy (non-hydrogen) atoms. The van der Waals surface area contributed by atoms with E-state index in [9.17, 15) is 14.0 Å². The minimum absolute atomic E-state index is 0.00175. The van der Waals surface area contributed by atoms with Crippen LogP contribution in [-0.2, 0) is 16.1 Å². The minimum Gasteiger partial charge on any atom is -0.335 e. The molecule has 0 spiro atoms. The molecule has 1 N–H and O–H groups in total. The molecule has 0 aromatic heterocycles. The standard InChI is InChI=1S/C22H26FN3O2/c1-16-3-9-19(10-4-16)24-21(27)14-25(2)22(28)15-26(20-11-12-20)13-17-5-7-18(23)8-6-17/h3-10,20H,11-15H2,1-2H3,(H,24,27). The van der Waals surface area contributed by atoms with Gasteiger partial charge < -0.3 is 10.2 Å². The van der Waals surface area contributed by atoms with Gasteiger partial charge in [-0.25, -0.2) is 4.39 Å². The van der Waals surface area contributed by atoms with Gasteiger partial charge in [0.05, 0.1) is 13.1 Å². The van der Waals surface area contributed by atoms with Gasteiger partial charge in [0.15, 0.2) is 0 Å². The summed E-state index contributed by atoms with van der Waals surface area (Å²) in [5.41, 5.74) is 2.81. The van der Waals surface area contributed by atoms with Crippen molar-refractivity contribution in [3.05, 3.63) is 65.5 Å². The van der Waals surface area contributed by atoms with Gasteiger partial charge in [-0.1, -0.05) is 29.8 Å². The molecule has 5 nitrogen and oxygen atoms in total. The fourth-order valence-electron chi connectivity index (χ4n) is 3.01. The SMILES string of the molecule is Cc1ccc(NC(=O)CN(C)C(=O)CN(Cc2ccc(F)cc2)C2CC2)cc1. The third kappa shape index (κ3) is 5.89. The maximum atomic E-state index is 13.1. The highest BCUT2D eigenvalue weighted by molar-refractivity contribution is 5.94. The summed E-state index contributed by atoms with van der Waals surface area (Å²) >= 11 is 0. The average Bonchev–Trinajstić information content (AvgIpc) is 3.50. The maximum absolute atomic E-state index is 13.1. The molecule has 2 aromatic carbocycles. The van der Waals surface area contributed by atoms with Crippen LogP contribution in [0.2, 0.25) is 0 Å². The zero-order chi connectivity index (χ0) is 20.1. The lowest BCUT2D eigenvalue weighted by molar-refractivity contribution is -0.134. The summed E-state index contributed by atoms with van der Waals surface area (Å²) in [7, 11) is 1.64. The van der Waals surface area contributed by atoms with Gasteiger partial charge in [0.2, 0.25) is 11.8 Å². The number of carbonyl (C=O) groups is 2. The molecule has 1 aliphatic rings. The van der Waals surface area contributed by atoms with Crippen molar-refractivity contribution < 1.29 is 14.0 Å². The van der Waals surface area contributed by atoms with E-state index in [2.05, 4.69) is 10.2 Å². The summed E-state index contributed by atoms with van der Waals surface area (Å²) in [6.45, 7) is 2.83. The highest BCUT2D eigenvalue weighted by atomic mass is 19.1. The Bertz CT molecular complexity index is 817. The third-order valence-corrected chi connectivity index (χ3v) is 4.84. The van der Waals surface area contributed by atoms with Gasteiger partial charge in [0.25, 0.3) is 0 Å². The summed E-state index contributed by atoms with van der Waals surface area (Å²) in [5, 5.41) is 2.81. The monoisotopic (exact) mass is 383 g/mol. The molecule has 2 amide bonds. The quantitative estimate of drug-likeness (QED) is 0.762. The molecule has 0 bridgehead atoms. The minimum atomic E-state index is -0.267. The molecule has 1 saturated carbocycles. The van der Waals surface area contributed by atoms with Gasteiger partial charge in [0, 0.05) is 25.3 Å². The molecule has 1 aliphatic carbocycles. The fraction of sp³-hybridized carbons (Fsp3) is 0.364. The van der Waals surface area contributed by atoms with Crippen molar-refractivity contribution >= 4 is 17.5 Å². The average molecular weight is 383 g/mol. The highest BCUT2D eigenvalue weighted by Crippen LogP contribution is 2.28. The van der Waals surface area contributed by atoms with E-state index in [-0.39, 0.29) is 30.7 Å². The molecule has 6 heteroatoms. The van der Waals surface area contributed by atoms with Crippen molar-refractivity contribution in [2.45, 2.75) is 32.4 Å². The highest BCUT2D eigenvalue weighted by Gasteiger charge is 2.31. The predicted octanol–water partition coefficient (Wildman–Crippen LogP) is 3.20. The number of nitrogens with zero attached hydrogens (tertiary/aromatic N) is 2. The molecule has 0 saturated heterocycles. The lowest BCUT2D eigenvalue weighted by atomic mass is 10.2. The Hall–Kier alpha value is -2.73. The zero-order valence-corrected chi connectivity index (χ0v) is 16.3. The summed E-state index contributed by atoms with van der Waals surface area (Å²) in [5.74, 6) is -0.596. The zero-order valence-electron chi connectivity index (χ0n) is 16.3. The van der Waals surface area contributed by atoms with Crippen molar-refractivity contribution in [2.24, 2.45) is 0 Å². The van der Waals surface area contributed by atoms with Gasteiger partial charge in [0.1, 0.15) is 5.82 Å². The van der Waals surface area contributed by atoms with Crippen LogP contribution in [0.25, 0.3) is 0 Å². The topological polar surface area (TPSA) is 52.7 Å². The normalized spacial score (nSPS) is 13.4. The van der Waals surface area contributed by atoms with Crippen LogP contribution in [0.5, 0.6) is 0 Å². The van der Waals surface area contributed by atoms with Gasteiger partial charge >= 0.3 is 0 Å². The Balaban J connectivity index is 1.51. The van der Waals surface area contributed by atoms with Crippen molar-refractivity contribution in [2.75, 3.05) is 25.5 Å². The van der Waals surface area contributed by atoms with Gasteiger partial charge in [-0.05, 0) is 49.6 Å². The lowest BCUT2D eigenvalue weighted by Gasteiger charge is -2.25. The Morgan fingerprint density at radius 2 is 1.68 bits per heavy atom. The van der Waals surface area contributed by atoms with Crippen molar-refractivity contribution in [3.8, 4) is 0 Å².